The van der Waals surface area contributed by atoms with E-state index >= 15 is 0 Å². The van der Waals surface area contributed by atoms with Crippen molar-refractivity contribution < 1.29 is 23.4 Å². The highest BCUT2D eigenvalue weighted by molar-refractivity contribution is 6.46. The van der Waals surface area contributed by atoms with Gasteiger partial charge in [0.05, 0.1) is 17.9 Å². The Morgan fingerprint density at radius 2 is 1.54 bits per heavy atom. The zero-order valence-electron chi connectivity index (χ0n) is 18.9. The molecule has 4 atom stereocenters. The molecule has 0 aromatic heterocycles. The first-order chi connectivity index (χ1) is 13.7. The minimum absolute atomic E-state index is 0.0318. The van der Waals surface area contributed by atoms with Crippen molar-refractivity contribution in [2.24, 2.45) is 5.92 Å². The maximum atomic E-state index is 10.4. The van der Waals surface area contributed by atoms with Crippen LogP contribution in [0.1, 0.15) is 91.9 Å². The Morgan fingerprint density at radius 3 is 2.14 bits per heavy atom. The number of aliphatic hydroxyl groups excluding tert-OH is 1. The number of ether oxygens (including phenoxy) is 2. The van der Waals surface area contributed by atoms with E-state index in [4.69, 9.17) is 18.3 Å². The van der Waals surface area contributed by atoms with Crippen molar-refractivity contribution >= 4 is 9.28 Å². The Hall–Kier alpha value is 0.0169. The third-order valence-electron chi connectivity index (χ3n) is 5.56. The standard InChI is InChI=1S/C22H46O5Si/c1-5-9-11-15-24-21-17-19(13-14-20(21)23)18-22(25-16-12-10-6-2)28(26-7-3)27-8-4/h19-23,28H,5-18H2,1-4H3. The Morgan fingerprint density at radius 1 is 0.893 bits per heavy atom. The monoisotopic (exact) mass is 418 g/mol. The molecule has 168 valence electrons. The highest BCUT2D eigenvalue weighted by atomic mass is 28.3. The Bertz CT molecular complexity index is 352. The summed E-state index contributed by atoms with van der Waals surface area (Å²) in [6.45, 7) is 11.4. The lowest BCUT2D eigenvalue weighted by Gasteiger charge is -2.36. The number of hydrogen-bond donors (Lipinski definition) is 1. The van der Waals surface area contributed by atoms with Crippen molar-refractivity contribution in [3.63, 3.8) is 0 Å². The average molecular weight is 419 g/mol. The minimum atomic E-state index is -1.86. The van der Waals surface area contributed by atoms with Gasteiger partial charge >= 0.3 is 9.28 Å². The highest BCUT2D eigenvalue weighted by Gasteiger charge is 2.35. The molecule has 0 aliphatic heterocycles. The van der Waals surface area contributed by atoms with E-state index in [0.29, 0.717) is 19.1 Å². The lowest BCUT2D eigenvalue weighted by molar-refractivity contribution is -0.0772. The van der Waals surface area contributed by atoms with E-state index in [2.05, 4.69) is 13.8 Å². The molecule has 0 aromatic carbocycles. The van der Waals surface area contributed by atoms with Gasteiger partial charge in [0.15, 0.2) is 0 Å². The summed E-state index contributed by atoms with van der Waals surface area (Å²) in [6, 6.07) is 0. The van der Waals surface area contributed by atoms with Gasteiger partial charge in [-0.15, -0.1) is 0 Å². The average Bonchev–Trinajstić information content (AvgIpc) is 2.69. The molecule has 0 bridgehead atoms. The van der Waals surface area contributed by atoms with E-state index in [9.17, 15) is 5.11 Å². The molecule has 1 aliphatic carbocycles. The second kappa shape index (κ2) is 16.8. The topological polar surface area (TPSA) is 57.2 Å². The van der Waals surface area contributed by atoms with Crippen molar-refractivity contribution in [2.45, 2.75) is 110 Å². The van der Waals surface area contributed by atoms with Crippen molar-refractivity contribution in [2.75, 3.05) is 26.4 Å². The largest absolute Gasteiger partial charge is 0.395 e. The first-order valence-electron chi connectivity index (χ1n) is 11.8. The van der Waals surface area contributed by atoms with Gasteiger partial charge in [0.25, 0.3) is 0 Å². The fourth-order valence-corrected chi connectivity index (χ4v) is 6.02. The first kappa shape index (κ1) is 26.1. The van der Waals surface area contributed by atoms with E-state index in [1.54, 1.807) is 0 Å². The van der Waals surface area contributed by atoms with Gasteiger partial charge in [0.1, 0.15) is 0 Å². The molecule has 0 amide bonds. The van der Waals surface area contributed by atoms with Crippen LogP contribution in [0.5, 0.6) is 0 Å². The first-order valence-corrected chi connectivity index (χ1v) is 13.4. The molecule has 5 nitrogen and oxygen atoms in total. The van der Waals surface area contributed by atoms with Crippen LogP contribution in [0.4, 0.5) is 0 Å². The smallest absolute Gasteiger partial charge is 0.351 e. The van der Waals surface area contributed by atoms with Crippen molar-refractivity contribution in [1.29, 1.82) is 0 Å². The van der Waals surface area contributed by atoms with Gasteiger partial charge in [-0.1, -0.05) is 39.5 Å². The van der Waals surface area contributed by atoms with Gasteiger partial charge in [-0.2, -0.15) is 0 Å². The summed E-state index contributed by atoms with van der Waals surface area (Å²) in [5.74, 6) is 0.506. The maximum absolute atomic E-state index is 10.4. The van der Waals surface area contributed by atoms with Crippen LogP contribution in [-0.4, -0.2) is 58.8 Å². The molecule has 1 saturated carbocycles. The van der Waals surface area contributed by atoms with Crippen molar-refractivity contribution in [3.05, 3.63) is 0 Å². The van der Waals surface area contributed by atoms with Gasteiger partial charge in [-0.25, -0.2) is 0 Å². The third kappa shape index (κ3) is 10.7. The summed E-state index contributed by atoms with van der Waals surface area (Å²) in [5.41, 5.74) is 0.0812. The normalized spacial score (nSPS) is 24.0. The van der Waals surface area contributed by atoms with Gasteiger partial charge in [0.2, 0.25) is 0 Å². The molecule has 1 aliphatic rings. The van der Waals surface area contributed by atoms with Crippen LogP contribution in [0, 0.1) is 5.92 Å². The van der Waals surface area contributed by atoms with Crippen LogP contribution < -0.4 is 0 Å². The van der Waals surface area contributed by atoms with Crippen LogP contribution in [0.3, 0.4) is 0 Å². The van der Waals surface area contributed by atoms with E-state index < -0.39 is 9.28 Å². The maximum Gasteiger partial charge on any atom is 0.351 e. The lowest BCUT2D eigenvalue weighted by atomic mass is 9.83. The minimum Gasteiger partial charge on any atom is -0.395 e. The Labute approximate surface area is 175 Å². The molecule has 0 saturated heterocycles. The summed E-state index contributed by atoms with van der Waals surface area (Å²) in [6.07, 6.45) is 10.3. The quantitative estimate of drug-likeness (QED) is 0.278. The Kier molecular flexibility index (Phi) is 15.6. The Balaban J connectivity index is 2.60. The van der Waals surface area contributed by atoms with Crippen LogP contribution >= 0.6 is 0 Å². The molecule has 0 spiro atoms. The van der Waals surface area contributed by atoms with Gasteiger partial charge in [-0.3, -0.25) is 0 Å². The molecule has 1 rings (SSSR count). The molecule has 0 heterocycles. The zero-order valence-corrected chi connectivity index (χ0v) is 20.0. The van der Waals surface area contributed by atoms with Crippen LogP contribution in [-0.2, 0) is 18.3 Å². The predicted octanol–water partition coefficient (Wildman–Crippen LogP) is 4.52. The number of unbranched alkanes of at least 4 members (excludes halogenated alkanes) is 4. The van der Waals surface area contributed by atoms with E-state index in [1.165, 1.54) is 25.7 Å². The summed E-state index contributed by atoms with van der Waals surface area (Å²) in [5, 5.41) is 10.4. The molecular formula is C22H46O5Si. The second-order valence-corrected chi connectivity index (χ2v) is 10.1. The van der Waals surface area contributed by atoms with Gasteiger partial charge in [-0.05, 0) is 58.3 Å². The lowest BCUT2D eigenvalue weighted by Crippen LogP contribution is -2.43. The van der Waals surface area contributed by atoms with E-state index in [1.807, 2.05) is 13.8 Å². The van der Waals surface area contributed by atoms with Crippen molar-refractivity contribution in [3.8, 4) is 0 Å². The molecule has 28 heavy (non-hydrogen) atoms. The number of aliphatic hydroxyl groups is 1. The van der Waals surface area contributed by atoms with Crippen molar-refractivity contribution in [1.82, 2.24) is 0 Å². The third-order valence-corrected chi connectivity index (χ3v) is 7.95. The van der Waals surface area contributed by atoms with Crippen LogP contribution in [0.25, 0.3) is 0 Å². The molecule has 4 unspecified atom stereocenters. The highest BCUT2D eigenvalue weighted by Crippen LogP contribution is 2.31. The van der Waals surface area contributed by atoms with Crippen LogP contribution in [0.15, 0.2) is 0 Å². The second-order valence-electron chi connectivity index (χ2n) is 7.99. The number of rotatable bonds is 17. The summed E-state index contributed by atoms with van der Waals surface area (Å²) in [4.78, 5) is 0. The SMILES string of the molecule is CCCCCOC1CC(CC(OCCCCC)[SiH](OCC)OCC)CCC1O. The molecule has 6 heteroatoms. The van der Waals surface area contributed by atoms with Gasteiger partial charge in [0, 0.05) is 26.4 Å². The number of hydrogen-bond acceptors (Lipinski definition) is 5. The fraction of sp³-hybridized carbons (Fsp3) is 1.00. The van der Waals surface area contributed by atoms with E-state index in [-0.39, 0.29) is 17.9 Å². The summed E-state index contributed by atoms with van der Waals surface area (Å²) >= 11 is 0. The zero-order chi connectivity index (χ0) is 20.6. The van der Waals surface area contributed by atoms with Gasteiger partial charge < -0.3 is 23.4 Å². The summed E-state index contributed by atoms with van der Waals surface area (Å²) in [7, 11) is -1.86. The molecule has 0 radical (unpaired) electrons. The molecule has 0 aromatic rings. The van der Waals surface area contributed by atoms with E-state index in [0.717, 1.165) is 51.7 Å². The fourth-order valence-electron chi connectivity index (χ4n) is 3.94. The predicted molar refractivity (Wildman–Crippen MR) is 117 cm³/mol. The van der Waals surface area contributed by atoms with Crippen LogP contribution in [0.2, 0.25) is 0 Å². The molecule has 1 N–H and O–H groups in total. The molecule has 1 fully saturated rings. The summed E-state index contributed by atoms with van der Waals surface area (Å²) < 4.78 is 24.3. The molecular weight excluding hydrogens is 372 g/mol.